The van der Waals surface area contributed by atoms with Crippen molar-refractivity contribution in [3.8, 4) is 0 Å². The lowest BCUT2D eigenvalue weighted by Gasteiger charge is -2.48. The maximum absolute atomic E-state index is 12.9. The Hall–Kier alpha value is -2.15. The summed E-state index contributed by atoms with van der Waals surface area (Å²) in [6.07, 6.45) is 4.92. The monoisotopic (exact) mass is 346 g/mol. The summed E-state index contributed by atoms with van der Waals surface area (Å²) in [5.41, 5.74) is 0.589. The normalized spacial score (nSPS) is 23.8. The minimum absolute atomic E-state index is 0.0172. The second-order valence-electron chi connectivity index (χ2n) is 7.05. The Kier molecular flexibility index (Phi) is 5.22. The van der Waals surface area contributed by atoms with Gasteiger partial charge in [0.05, 0.1) is 6.61 Å². The molecule has 1 aromatic heterocycles. The van der Waals surface area contributed by atoms with Gasteiger partial charge < -0.3 is 20.2 Å². The van der Waals surface area contributed by atoms with Crippen molar-refractivity contribution in [3.63, 3.8) is 0 Å². The lowest BCUT2D eigenvalue weighted by atomic mass is 9.73. The number of hydrogen-bond acceptors (Lipinski definition) is 5. The first-order valence-corrected chi connectivity index (χ1v) is 8.89. The highest BCUT2D eigenvalue weighted by molar-refractivity contribution is 5.95. The van der Waals surface area contributed by atoms with Gasteiger partial charge in [-0.25, -0.2) is 4.98 Å². The molecule has 0 aliphatic carbocycles. The molecule has 0 bridgehead atoms. The maximum Gasteiger partial charge on any atom is 0.254 e. The zero-order valence-electron chi connectivity index (χ0n) is 14.7. The summed E-state index contributed by atoms with van der Waals surface area (Å²) >= 11 is 0. The largest absolute Gasteiger partial charge is 0.395 e. The third-order valence-electron chi connectivity index (χ3n) is 5.33. The van der Waals surface area contributed by atoms with Crippen molar-refractivity contribution in [1.82, 2.24) is 14.8 Å². The summed E-state index contributed by atoms with van der Waals surface area (Å²) < 4.78 is 0. The third kappa shape index (κ3) is 3.76. The van der Waals surface area contributed by atoms with Crippen molar-refractivity contribution in [2.45, 2.75) is 25.7 Å². The first-order chi connectivity index (χ1) is 12.1. The summed E-state index contributed by atoms with van der Waals surface area (Å²) in [5, 5.41) is 12.1. The number of hydrogen-bond donors (Lipinski definition) is 2. The average molecular weight is 346 g/mol. The number of anilines is 1. The zero-order chi connectivity index (χ0) is 17.9. The Balaban J connectivity index is 1.74. The highest BCUT2D eigenvalue weighted by Crippen LogP contribution is 2.39. The van der Waals surface area contributed by atoms with E-state index in [9.17, 15) is 14.7 Å². The number of aromatic nitrogens is 1. The minimum atomic E-state index is -0.0458. The van der Waals surface area contributed by atoms with E-state index in [1.54, 1.807) is 30.3 Å². The van der Waals surface area contributed by atoms with Crippen LogP contribution in [0.4, 0.5) is 5.82 Å². The van der Waals surface area contributed by atoms with Crippen LogP contribution >= 0.6 is 0 Å². The molecule has 136 valence electrons. The number of nitrogens with one attached hydrogen (secondary N) is 1. The summed E-state index contributed by atoms with van der Waals surface area (Å²) in [6.45, 7) is 2.40. The fourth-order valence-electron chi connectivity index (χ4n) is 4.02. The summed E-state index contributed by atoms with van der Waals surface area (Å²) in [7, 11) is 1.78. The van der Waals surface area contributed by atoms with Crippen LogP contribution in [0.25, 0.3) is 0 Å². The molecule has 0 unspecified atom stereocenters. The van der Waals surface area contributed by atoms with Gasteiger partial charge in [0.15, 0.2) is 0 Å². The molecule has 25 heavy (non-hydrogen) atoms. The van der Waals surface area contributed by atoms with Gasteiger partial charge in [0, 0.05) is 56.8 Å². The highest BCUT2D eigenvalue weighted by Gasteiger charge is 2.42. The predicted molar refractivity (Wildman–Crippen MR) is 94.3 cm³/mol. The molecule has 2 saturated heterocycles. The number of piperidine rings is 2. The van der Waals surface area contributed by atoms with Gasteiger partial charge >= 0.3 is 0 Å². The molecule has 2 aliphatic heterocycles. The number of carbonyl (C=O) groups excluding carboxylic acids is 2. The van der Waals surface area contributed by atoms with Crippen LogP contribution in [0.5, 0.6) is 0 Å². The Labute approximate surface area is 148 Å². The minimum Gasteiger partial charge on any atom is -0.395 e. The zero-order valence-corrected chi connectivity index (χ0v) is 14.7. The van der Waals surface area contributed by atoms with Crippen LogP contribution in [0.3, 0.4) is 0 Å². The van der Waals surface area contributed by atoms with E-state index in [4.69, 9.17) is 0 Å². The van der Waals surface area contributed by atoms with Crippen LogP contribution in [-0.4, -0.2) is 71.5 Å². The van der Waals surface area contributed by atoms with Gasteiger partial charge in [-0.15, -0.1) is 0 Å². The molecule has 0 radical (unpaired) electrons. The van der Waals surface area contributed by atoms with Gasteiger partial charge in [-0.1, -0.05) is 0 Å². The van der Waals surface area contributed by atoms with E-state index in [0.29, 0.717) is 37.4 Å². The Morgan fingerprint density at radius 1 is 1.40 bits per heavy atom. The molecule has 0 aromatic carbocycles. The number of aliphatic hydroxyl groups is 1. The van der Waals surface area contributed by atoms with Crippen molar-refractivity contribution in [3.05, 3.63) is 23.9 Å². The van der Waals surface area contributed by atoms with Crippen molar-refractivity contribution in [1.29, 1.82) is 0 Å². The smallest absolute Gasteiger partial charge is 0.254 e. The Morgan fingerprint density at radius 3 is 3.00 bits per heavy atom. The molecule has 3 rings (SSSR count). The van der Waals surface area contributed by atoms with Crippen LogP contribution in [0.15, 0.2) is 18.3 Å². The lowest BCUT2D eigenvalue weighted by molar-refractivity contribution is -0.139. The fraction of sp³-hybridized carbons (Fsp3) is 0.611. The van der Waals surface area contributed by atoms with Gasteiger partial charge in [0.2, 0.25) is 5.91 Å². The molecule has 1 spiro atoms. The fourth-order valence-corrected chi connectivity index (χ4v) is 4.02. The number of nitrogens with zero attached hydrogens (tertiary/aromatic N) is 3. The quantitative estimate of drug-likeness (QED) is 0.848. The second-order valence-corrected chi connectivity index (χ2v) is 7.05. The van der Waals surface area contributed by atoms with E-state index in [1.165, 1.54) is 0 Å². The molecular formula is C18H26N4O3. The number of aliphatic hydroxyl groups excluding tert-OH is 1. The van der Waals surface area contributed by atoms with E-state index < -0.39 is 0 Å². The Bertz CT molecular complexity index is 651. The van der Waals surface area contributed by atoms with Crippen LogP contribution in [0.2, 0.25) is 0 Å². The molecule has 2 amide bonds. The first kappa shape index (κ1) is 17.7. The number of likely N-dealkylation sites (tertiary alicyclic amines) is 2. The first-order valence-electron chi connectivity index (χ1n) is 8.89. The number of amides is 2. The van der Waals surface area contributed by atoms with Gasteiger partial charge in [-0.3, -0.25) is 9.59 Å². The van der Waals surface area contributed by atoms with Crippen molar-refractivity contribution in [2.75, 3.05) is 45.2 Å². The average Bonchev–Trinajstić information content (AvgIpc) is 2.65. The second kappa shape index (κ2) is 7.39. The molecule has 2 fully saturated rings. The van der Waals surface area contributed by atoms with Gasteiger partial charge in [0.25, 0.3) is 5.91 Å². The van der Waals surface area contributed by atoms with Crippen molar-refractivity contribution < 1.29 is 14.7 Å². The van der Waals surface area contributed by atoms with Crippen LogP contribution in [0, 0.1) is 5.41 Å². The van der Waals surface area contributed by atoms with Crippen LogP contribution < -0.4 is 5.32 Å². The molecule has 2 N–H and O–H groups in total. The molecule has 0 saturated carbocycles. The standard InChI is InChI=1S/C18H26N4O3/c1-19-15-11-14(4-7-20-15)17(25)22-8-2-5-18(13-22)6-3-16(24)21(12-18)9-10-23/h4,7,11,23H,2-3,5-6,8-10,12-13H2,1H3,(H,19,20)/t18-/m0/s1. The van der Waals surface area contributed by atoms with Gasteiger partial charge in [-0.05, 0) is 31.4 Å². The van der Waals surface area contributed by atoms with E-state index in [1.807, 2.05) is 4.90 Å². The highest BCUT2D eigenvalue weighted by atomic mass is 16.3. The van der Waals surface area contributed by atoms with Gasteiger partial charge in [-0.2, -0.15) is 0 Å². The molecule has 7 heteroatoms. The molecule has 2 aliphatic rings. The van der Waals surface area contributed by atoms with E-state index in [2.05, 4.69) is 10.3 Å². The molecule has 7 nitrogen and oxygen atoms in total. The topological polar surface area (TPSA) is 85.8 Å². The van der Waals surface area contributed by atoms with Crippen molar-refractivity contribution >= 4 is 17.6 Å². The van der Waals surface area contributed by atoms with E-state index >= 15 is 0 Å². The predicted octanol–water partition coefficient (Wildman–Crippen LogP) is 0.960. The maximum atomic E-state index is 12.9. The van der Waals surface area contributed by atoms with Crippen LogP contribution in [-0.2, 0) is 4.79 Å². The number of β-amino-alcohol motifs (C(OH)–C–C–N with tert-alkyl or cyclic N) is 1. The molecule has 1 aromatic rings. The van der Waals surface area contributed by atoms with Gasteiger partial charge in [0.1, 0.15) is 5.82 Å². The summed E-state index contributed by atoms with van der Waals surface area (Å²) in [4.78, 5) is 32.8. The van der Waals surface area contributed by atoms with E-state index in [0.717, 1.165) is 25.8 Å². The Morgan fingerprint density at radius 2 is 2.24 bits per heavy atom. The van der Waals surface area contributed by atoms with Crippen LogP contribution in [0.1, 0.15) is 36.0 Å². The number of rotatable bonds is 4. The third-order valence-corrected chi connectivity index (χ3v) is 5.33. The van der Waals surface area contributed by atoms with E-state index in [-0.39, 0.29) is 23.8 Å². The summed E-state index contributed by atoms with van der Waals surface area (Å²) in [6, 6.07) is 3.51. The number of pyridine rings is 1. The van der Waals surface area contributed by atoms with Crippen molar-refractivity contribution in [2.24, 2.45) is 5.41 Å². The molecular weight excluding hydrogens is 320 g/mol. The molecule has 3 heterocycles. The summed E-state index contributed by atoms with van der Waals surface area (Å²) in [5.74, 6) is 0.800. The number of carbonyl (C=O) groups is 2. The molecule has 1 atom stereocenters. The lowest BCUT2D eigenvalue weighted by Crippen LogP contribution is -2.55. The SMILES string of the molecule is CNc1cc(C(=O)N2CCC[C@@]3(CCC(=O)N(CCO)C3)C2)ccn1.